The molecule has 2 amide bonds. The van der Waals surface area contributed by atoms with E-state index in [1.165, 1.54) is 7.11 Å². The lowest BCUT2D eigenvalue weighted by atomic mass is 9.73. The molecule has 0 bridgehead atoms. The van der Waals surface area contributed by atoms with Gasteiger partial charge in [-0.1, -0.05) is 44.2 Å². The molecule has 0 spiro atoms. The highest BCUT2D eigenvalue weighted by Crippen LogP contribution is 2.35. The summed E-state index contributed by atoms with van der Waals surface area (Å²) in [6.45, 7) is 5.81. The predicted octanol–water partition coefficient (Wildman–Crippen LogP) is 3.63. The van der Waals surface area contributed by atoms with Gasteiger partial charge in [0.15, 0.2) is 11.5 Å². The van der Waals surface area contributed by atoms with E-state index >= 15 is 0 Å². The Morgan fingerprint density at radius 3 is 2.41 bits per heavy atom. The average molecular weight is 441 g/mol. The van der Waals surface area contributed by atoms with Gasteiger partial charge in [0.2, 0.25) is 5.91 Å². The van der Waals surface area contributed by atoms with Gasteiger partial charge >= 0.3 is 0 Å². The standard InChI is InChI=1S/C25H32N2O5/c1-18(2)11-14-32-21-10-9-19(17-22(21)30-3)23(28)26-27-24(29)25(12-15-31-16-13-25)20-7-5-4-6-8-20/h4-10,17-18H,11-16H2,1-3H3,(H,26,28)(H,27,29). The minimum atomic E-state index is -0.738. The van der Waals surface area contributed by atoms with E-state index in [1.54, 1.807) is 18.2 Å². The van der Waals surface area contributed by atoms with Crippen molar-refractivity contribution in [1.82, 2.24) is 10.9 Å². The molecule has 172 valence electrons. The molecule has 3 rings (SSSR count). The lowest BCUT2D eigenvalue weighted by Gasteiger charge is -2.36. The minimum Gasteiger partial charge on any atom is -0.493 e. The van der Waals surface area contributed by atoms with Crippen LogP contribution in [0.4, 0.5) is 0 Å². The largest absolute Gasteiger partial charge is 0.493 e. The van der Waals surface area contributed by atoms with Crippen LogP contribution in [0.5, 0.6) is 11.5 Å². The van der Waals surface area contributed by atoms with Crippen molar-refractivity contribution in [2.45, 2.75) is 38.5 Å². The molecule has 1 heterocycles. The summed E-state index contributed by atoms with van der Waals surface area (Å²) in [5, 5.41) is 0. The molecule has 32 heavy (non-hydrogen) atoms. The zero-order valence-corrected chi connectivity index (χ0v) is 19.0. The van der Waals surface area contributed by atoms with Gasteiger partial charge in [-0.15, -0.1) is 0 Å². The van der Waals surface area contributed by atoms with Crippen LogP contribution in [0.1, 0.15) is 49.0 Å². The Labute approximate surface area is 189 Å². The topological polar surface area (TPSA) is 85.9 Å². The number of hydrazine groups is 1. The Balaban J connectivity index is 1.67. The number of benzene rings is 2. The van der Waals surface area contributed by atoms with Gasteiger partial charge in [0.25, 0.3) is 5.91 Å². The van der Waals surface area contributed by atoms with E-state index in [4.69, 9.17) is 14.2 Å². The monoisotopic (exact) mass is 440 g/mol. The van der Waals surface area contributed by atoms with Crippen molar-refractivity contribution in [2.75, 3.05) is 26.9 Å². The highest BCUT2D eigenvalue weighted by atomic mass is 16.5. The summed E-state index contributed by atoms with van der Waals surface area (Å²) in [6, 6.07) is 14.6. The molecule has 7 heteroatoms. The molecular formula is C25H32N2O5. The maximum Gasteiger partial charge on any atom is 0.269 e. The Kier molecular flexibility index (Phi) is 8.11. The fourth-order valence-corrected chi connectivity index (χ4v) is 3.76. The van der Waals surface area contributed by atoms with Crippen LogP contribution in [-0.4, -0.2) is 38.7 Å². The molecule has 2 aromatic rings. The van der Waals surface area contributed by atoms with Crippen LogP contribution in [0.3, 0.4) is 0 Å². The molecule has 1 fully saturated rings. The first kappa shape index (κ1) is 23.6. The number of nitrogens with one attached hydrogen (secondary N) is 2. The Bertz CT molecular complexity index is 908. The molecule has 1 aliphatic rings. The summed E-state index contributed by atoms with van der Waals surface area (Å²) in [7, 11) is 1.53. The van der Waals surface area contributed by atoms with Gasteiger partial charge in [0, 0.05) is 18.8 Å². The van der Waals surface area contributed by atoms with Gasteiger partial charge in [-0.05, 0) is 48.9 Å². The molecule has 1 saturated heterocycles. The van der Waals surface area contributed by atoms with E-state index in [0.29, 0.717) is 55.6 Å². The van der Waals surface area contributed by atoms with Crippen molar-refractivity contribution < 1.29 is 23.8 Å². The third-order valence-electron chi connectivity index (χ3n) is 5.78. The van der Waals surface area contributed by atoms with Crippen LogP contribution in [-0.2, 0) is 14.9 Å². The molecule has 0 saturated carbocycles. The lowest BCUT2D eigenvalue weighted by Crippen LogP contribution is -2.53. The van der Waals surface area contributed by atoms with Crippen LogP contribution in [0, 0.1) is 5.92 Å². The summed E-state index contributed by atoms with van der Waals surface area (Å²) in [5.74, 6) is 0.906. The molecule has 0 unspecified atom stereocenters. The minimum absolute atomic E-state index is 0.249. The summed E-state index contributed by atoms with van der Waals surface area (Å²) in [6.07, 6.45) is 2.02. The van der Waals surface area contributed by atoms with E-state index in [1.807, 2.05) is 30.3 Å². The summed E-state index contributed by atoms with van der Waals surface area (Å²) >= 11 is 0. The Morgan fingerprint density at radius 2 is 1.75 bits per heavy atom. The normalized spacial score (nSPS) is 15.1. The molecule has 0 radical (unpaired) electrons. The molecule has 0 aliphatic carbocycles. The quantitative estimate of drug-likeness (QED) is 0.613. The second-order valence-electron chi connectivity index (χ2n) is 8.37. The fourth-order valence-electron chi connectivity index (χ4n) is 3.76. The number of rotatable bonds is 8. The average Bonchev–Trinajstić information content (AvgIpc) is 2.83. The van der Waals surface area contributed by atoms with Gasteiger partial charge in [0.1, 0.15) is 0 Å². The van der Waals surface area contributed by atoms with Crippen molar-refractivity contribution in [3.8, 4) is 11.5 Å². The SMILES string of the molecule is COc1cc(C(=O)NNC(=O)C2(c3ccccc3)CCOCC2)ccc1OCCC(C)C. The van der Waals surface area contributed by atoms with Crippen molar-refractivity contribution in [3.05, 3.63) is 59.7 Å². The van der Waals surface area contributed by atoms with E-state index in [9.17, 15) is 9.59 Å². The van der Waals surface area contributed by atoms with E-state index in [-0.39, 0.29) is 5.91 Å². The molecular weight excluding hydrogens is 408 g/mol. The lowest BCUT2D eigenvalue weighted by molar-refractivity contribution is -0.131. The Hall–Kier alpha value is -3.06. The highest BCUT2D eigenvalue weighted by molar-refractivity contribution is 5.97. The first-order valence-electron chi connectivity index (χ1n) is 11.0. The van der Waals surface area contributed by atoms with Gasteiger partial charge < -0.3 is 14.2 Å². The Morgan fingerprint density at radius 1 is 1.03 bits per heavy atom. The number of carbonyl (C=O) groups is 2. The van der Waals surface area contributed by atoms with E-state index in [0.717, 1.165) is 12.0 Å². The third-order valence-corrected chi connectivity index (χ3v) is 5.78. The summed E-state index contributed by atoms with van der Waals surface area (Å²) in [4.78, 5) is 25.9. The van der Waals surface area contributed by atoms with Gasteiger partial charge in [-0.3, -0.25) is 20.4 Å². The third kappa shape index (κ3) is 5.59. The number of ether oxygens (including phenoxy) is 3. The van der Waals surface area contributed by atoms with Gasteiger partial charge in [-0.25, -0.2) is 0 Å². The molecule has 0 atom stereocenters. The van der Waals surface area contributed by atoms with Crippen LogP contribution >= 0.6 is 0 Å². The molecule has 2 N–H and O–H groups in total. The second kappa shape index (κ2) is 11.0. The van der Waals surface area contributed by atoms with Gasteiger partial charge in [0.05, 0.1) is 19.1 Å². The zero-order chi connectivity index (χ0) is 23.0. The first-order chi connectivity index (χ1) is 15.5. The maximum absolute atomic E-state index is 13.2. The number of hydrogen-bond donors (Lipinski definition) is 2. The first-order valence-corrected chi connectivity index (χ1v) is 11.0. The van der Waals surface area contributed by atoms with Crippen molar-refractivity contribution >= 4 is 11.8 Å². The molecule has 0 aromatic heterocycles. The second-order valence-corrected chi connectivity index (χ2v) is 8.37. The van der Waals surface area contributed by atoms with Crippen LogP contribution in [0.15, 0.2) is 48.5 Å². The maximum atomic E-state index is 13.2. The van der Waals surface area contributed by atoms with Crippen LogP contribution < -0.4 is 20.3 Å². The molecule has 7 nitrogen and oxygen atoms in total. The van der Waals surface area contributed by atoms with Crippen LogP contribution in [0.25, 0.3) is 0 Å². The number of methoxy groups -OCH3 is 1. The molecule has 1 aliphatic heterocycles. The number of carbonyl (C=O) groups excluding carboxylic acids is 2. The number of hydrogen-bond acceptors (Lipinski definition) is 5. The van der Waals surface area contributed by atoms with Gasteiger partial charge in [-0.2, -0.15) is 0 Å². The highest BCUT2D eigenvalue weighted by Gasteiger charge is 2.41. The summed E-state index contributed by atoms with van der Waals surface area (Å²) in [5.41, 5.74) is 5.71. The number of amides is 2. The molecule has 2 aromatic carbocycles. The van der Waals surface area contributed by atoms with Crippen molar-refractivity contribution in [2.24, 2.45) is 5.92 Å². The smallest absolute Gasteiger partial charge is 0.269 e. The van der Waals surface area contributed by atoms with Crippen molar-refractivity contribution in [3.63, 3.8) is 0 Å². The van der Waals surface area contributed by atoms with Crippen LogP contribution in [0.2, 0.25) is 0 Å². The van der Waals surface area contributed by atoms with E-state index in [2.05, 4.69) is 24.7 Å². The van der Waals surface area contributed by atoms with E-state index < -0.39 is 11.3 Å². The summed E-state index contributed by atoms with van der Waals surface area (Å²) < 4.78 is 16.6. The predicted molar refractivity (Wildman–Crippen MR) is 122 cm³/mol. The van der Waals surface area contributed by atoms with Crippen molar-refractivity contribution in [1.29, 1.82) is 0 Å². The zero-order valence-electron chi connectivity index (χ0n) is 19.0. The fraction of sp³-hybridized carbons (Fsp3) is 0.440.